The van der Waals surface area contributed by atoms with E-state index in [9.17, 15) is 9.59 Å². The van der Waals surface area contributed by atoms with Crippen molar-refractivity contribution in [1.29, 1.82) is 0 Å². The van der Waals surface area contributed by atoms with Crippen LogP contribution in [0.2, 0.25) is 0 Å². The number of benzene rings is 1. The van der Waals surface area contributed by atoms with Crippen LogP contribution in [0.25, 0.3) is 6.08 Å². The first-order valence-electron chi connectivity index (χ1n) is 6.65. The van der Waals surface area contributed by atoms with Gasteiger partial charge in [0, 0.05) is 7.05 Å². The van der Waals surface area contributed by atoms with E-state index in [-0.39, 0.29) is 17.5 Å². The lowest BCUT2D eigenvalue weighted by atomic mass is 10.2. The van der Waals surface area contributed by atoms with Gasteiger partial charge in [-0.15, -0.1) is 0 Å². The Labute approximate surface area is 124 Å². The fraction of sp³-hybridized carbons (Fsp3) is 0.133. The van der Waals surface area contributed by atoms with E-state index in [4.69, 9.17) is 0 Å². The quantitative estimate of drug-likeness (QED) is 0.801. The molecule has 0 amide bonds. The van der Waals surface area contributed by atoms with E-state index in [1.54, 1.807) is 6.08 Å². The highest BCUT2D eigenvalue weighted by atomic mass is 16.2. The van der Waals surface area contributed by atoms with Crippen molar-refractivity contribution in [2.24, 2.45) is 22.0 Å². The summed E-state index contributed by atoms with van der Waals surface area (Å²) in [6.07, 6.45) is 3.56. The predicted octanol–water partition coefficient (Wildman–Crippen LogP) is -0.604. The van der Waals surface area contributed by atoms with Gasteiger partial charge in [-0.3, -0.25) is 14.3 Å². The lowest BCUT2D eigenvalue weighted by molar-refractivity contribution is 0.736. The largest absolute Gasteiger partial charge is 0.329 e. The van der Waals surface area contributed by atoms with Crippen molar-refractivity contribution in [2.75, 3.05) is 6.67 Å². The van der Waals surface area contributed by atoms with Gasteiger partial charge in [0.05, 0.1) is 0 Å². The second kappa shape index (κ2) is 5.72. The SMILES string of the molecule is Cn1c(=O)[nH]c2c(c1=O)=NC(/C=C/c1ccccc1)=NCN=2. The third-order valence-electron chi connectivity index (χ3n) is 3.17. The minimum absolute atomic E-state index is 0.0936. The summed E-state index contributed by atoms with van der Waals surface area (Å²) in [6.45, 7) is 0.105. The molecule has 1 aromatic carbocycles. The highest BCUT2D eigenvalue weighted by Gasteiger charge is 2.06. The van der Waals surface area contributed by atoms with Crippen molar-refractivity contribution in [2.45, 2.75) is 0 Å². The van der Waals surface area contributed by atoms with E-state index in [0.29, 0.717) is 5.84 Å². The molecule has 0 atom stereocenters. The predicted molar refractivity (Wildman–Crippen MR) is 82.4 cm³/mol. The van der Waals surface area contributed by atoms with Gasteiger partial charge in [0.15, 0.2) is 10.8 Å². The lowest BCUT2D eigenvalue weighted by Gasteiger charge is -1.94. The van der Waals surface area contributed by atoms with Crippen LogP contribution in [0.5, 0.6) is 0 Å². The number of nitrogens with one attached hydrogen (secondary N) is 1. The first-order valence-corrected chi connectivity index (χ1v) is 6.65. The molecular weight excluding hydrogens is 282 g/mol. The molecule has 7 heteroatoms. The van der Waals surface area contributed by atoms with Crippen molar-refractivity contribution in [1.82, 2.24) is 9.55 Å². The molecule has 0 radical (unpaired) electrons. The van der Waals surface area contributed by atoms with Crippen LogP contribution in [0.3, 0.4) is 0 Å². The van der Waals surface area contributed by atoms with Crippen LogP contribution in [-0.2, 0) is 7.05 Å². The van der Waals surface area contributed by atoms with Crippen molar-refractivity contribution < 1.29 is 0 Å². The molecule has 0 saturated heterocycles. The van der Waals surface area contributed by atoms with Gasteiger partial charge >= 0.3 is 5.69 Å². The van der Waals surface area contributed by atoms with E-state index in [0.717, 1.165) is 10.1 Å². The maximum absolute atomic E-state index is 12.1. The van der Waals surface area contributed by atoms with Gasteiger partial charge in [0.25, 0.3) is 5.56 Å². The average molecular weight is 295 g/mol. The topological polar surface area (TPSA) is 91.9 Å². The monoisotopic (exact) mass is 295 g/mol. The summed E-state index contributed by atoms with van der Waals surface area (Å²) in [5.41, 5.74) is 0.146. The molecule has 2 aromatic rings. The normalized spacial score (nSPS) is 13.8. The number of H-pyrrole nitrogens is 1. The molecule has 0 fully saturated rings. The van der Waals surface area contributed by atoms with E-state index >= 15 is 0 Å². The van der Waals surface area contributed by atoms with Crippen LogP contribution in [-0.4, -0.2) is 22.1 Å². The third-order valence-corrected chi connectivity index (χ3v) is 3.17. The third kappa shape index (κ3) is 2.69. The Balaban J connectivity index is 2.08. The minimum Gasteiger partial charge on any atom is -0.290 e. The zero-order chi connectivity index (χ0) is 15.5. The number of fused-ring (bicyclic) bond motifs is 1. The molecule has 1 aromatic heterocycles. The summed E-state index contributed by atoms with van der Waals surface area (Å²) in [4.78, 5) is 38.7. The molecule has 22 heavy (non-hydrogen) atoms. The van der Waals surface area contributed by atoms with Crippen LogP contribution < -0.4 is 22.1 Å². The smallest absolute Gasteiger partial charge is 0.290 e. The minimum atomic E-state index is -0.522. The fourth-order valence-corrected chi connectivity index (χ4v) is 1.97. The van der Waals surface area contributed by atoms with Gasteiger partial charge < -0.3 is 0 Å². The summed E-state index contributed by atoms with van der Waals surface area (Å²) in [7, 11) is 1.39. The van der Waals surface area contributed by atoms with Crippen LogP contribution in [0.1, 0.15) is 5.56 Å². The van der Waals surface area contributed by atoms with Gasteiger partial charge in [-0.25, -0.2) is 19.8 Å². The van der Waals surface area contributed by atoms with Gasteiger partial charge in [-0.2, -0.15) is 0 Å². The highest BCUT2D eigenvalue weighted by molar-refractivity contribution is 5.97. The Morgan fingerprint density at radius 3 is 2.68 bits per heavy atom. The molecule has 1 aliphatic rings. The molecule has 3 rings (SSSR count). The van der Waals surface area contributed by atoms with E-state index in [1.807, 2.05) is 36.4 Å². The number of hydrogen-bond donors (Lipinski definition) is 1. The second-order valence-electron chi connectivity index (χ2n) is 4.66. The second-order valence-corrected chi connectivity index (χ2v) is 4.66. The van der Waals surface area contributed by atoms with Crippen LogP contribution in [0, 0.1) is 0 Å². The van der Waals surface area contributed by atoms with E-state index in [2.05, 4.69) is 20.0 Å². The Morgan fingerprint density at radius 1 is 1.14 bits per heavy atom. The number of aromatic nitrogens is 2. The zero-order valence-electron chi connectivity index (χ0n) is 11.9. The summed E-state index contributed by atoms with van der Waals surface area (Å²) in [5, 5.41) is 0.0936. The molecular formula is C15H13N5O2. The van der Waals surface area contributed by atoms with E-state index in [1.165, 1.54) is 7.05 Å². The molecule has 0 saturated carbocycles. The molecule has 2 heterocycles. The maximum atomic E-state index is 12.1. The fourth-order valence-electron chi connectivity index (χ4n) is 1.97. The Bertz CT molecular complexity index is 997. The maximum Gasteiger partial charge on any atom is 0.329 e. The number of rotatable bonds is 2. The standard InChI is InChI=1S/C15H13N5O2/c1-20-14(21)12-13(19-15(20)22)17-9-16-11(18-12)8-7-10-5-3-2-4-6-10/h2-8H,9H2,1H3,(H,17,19,22)/b8-7+. The van der Waals surface area contributed by atoms with Crippen molar-refractivity contribution in [3.8, 4) is 0 Å². The van der Waals surface area contributed by atoms with E-state index < -0.39 is 11.2 Å². The molecule has 0 aliphatic carbocycles. The Kier molecular flexibility index (Phi) is 3.61. The molecule has 1 aliphatic heterocycles. The number of nitrogens with zero attached hydrogens (tertiary/aromatic N) is 4. The number of aliphatic imine (C=N–C) groups is 1. The van der Waals surface area contributed by atoms with Gasteiger partial charge in [0.2, 0.25) is 0 Å². The number of amidine groups is 1. The summed E-state index contributed by atoms with van der Waals surface area (Å²) < 4.78 is 0.960. The van der Waals surface area contributed by atoms with Crippen molar-refractivity contribution in [3.05, 3.63) is 73.7 Å². The van der Waals surface area contributed by atoms with Gasteiger partial charge in [0.1, 0.15) is 12.5 Å². The highest BCUT2D eigenvalue weighted by Crippen LogP contribution is 2.01. The molecule has 0 unspecified atom stereocenters. The number of aromatic amines is 1. The lowest BCUT2D eigenvalue weighted by Crippen LogP contribution is -2.53. The molecule has 0 bridgehead atoms. The van der Waals surface area contributed by atoms with Crippen LogP contribution in [0.4, 0.5) is 0 Å². The zero-order valence-corrected chi connectivity index (χ0v) is 11.9. The Hall–Kier alpha value is -3.09. The van der Waals surface area contributed by atoms with Crippen molar-refractivity contribution >= 4 is 11.9 Å². The average Bonchev–Trinajstić information content (AvgIpc) is 2.74. The van der Waals surface area contributed by atoms with Crippen LogP contribution >= 0.6 is 0 Å². The first-order chi connectivity index (χ1) is 10.6. The molecule has 1 N–H and O–H groups in total. The molecule has 110 valence electrons. The molecule has 0 spiro atoms. The van der Waals surface area contributed by atoms with Gasteiger partial charge in [-0.05, 0) is 11.6 Å². The molecule has 7 nitrogen and oxygen atoms in total. The summed E-state index contributed by atoms with van der Waals surface area (Å²) >= 11 is 0. The number of hydrogen-bond acceptors (Lipinski definition) is 5. The Morgan fingerprint density at radius 2 is 1.91 bits per heavy atom. The van der Waals surface area contributed by atoms with Crippen LogP contribution in [0.15, 0.2) is 61.0 Å². The van der Waals surface area contributed by atoms with Crippen molar-refractivity contribution in [3.63, 3.8) is 0 Å². The summed E-state index contributed by atoms with van der Waals surface area (Å²) in [6, 6.07) is 9.68. The van der Waals surface area contributed by atoms with Gasteiger partial charge in [-0.1, -0.05) is 36.4 Å². The summed E-state index contributed by atoms with van der Waals surface area (Å²) in [5.74, 6) is 0.385. The first kappa shape index (κ1) is 13.9.